The molecule has 0 radical (unpaired) electrons. The van der Waals surface area contributed by atoms with E-state index in [0.29, 0.717) is 19.4 Å². The highest BCUT2D eigenvalue weighted by molar-refractivity contribution is 7.98. The van der Waals surface area contributed by atoms with E-state index in [4.69, 9.17) is 10.5 Å². The van der Waals surface area contributed by atoms with Gasteiger partial charge in [-0.15, -0.1) is 11.8 Å². The maximum atomic E-state index is 13.0. The third-order valence-electron chi connectivity index (χ3n) is 5.87. The Morgan fingerprint density at radius 3 is 2.51 bits per heavy atom. The van der Waals surface area contributed by atoms with Crippen molar-refractivity contribution in [3.63, 3.8) is 0 Å². The topological polar surface area (TPSA) is 108 Å². The van der Waals surface area contributed by atoms with E-state index >= 15 is 0 Å². The van der Waals surface area contributed by atoms with Gasteiger partial charge in [-0.25, -0.2) is 4.79 Å². The van der Waals surface area contributed by atoms with Gasteiger partial charge in [-0.05, 0) is 75.1 Å². The SMILES string of the molecule is CSc1cc(-c2ccc(C[C@@H](C#N)NC(=O)[C@@H]3CCCCN3C(=O)OC(C)(C)C)cc2)ccc1N. The number of nitrogens with zero attached hydrogens (tertiary/aromatic N) is 2. The van der Waals surface area contributed by atoms with Crippen LogP contribution in [0.2, 0.25) is 0 Å². The molecule has 1 aliphatic heterocycles. The molecular formula is C27H34N4O3S. The maximum Gasteiger partial charge on any atom is 0.410 e. The van der Waals surface area contributed by atoms with Crippen molar-refractivity contribution in [1.82, 2.24) is 10.2 Å². The number of thioether (sulfide) groups is 1. The Morgan fingerprint density at radius 1 is 1.20 bits per heavy atom. The summed E-state index contributed by atoms with van der Waals surface area (Å²) in [4.78, 5) is 28.2. The minimum atomic E-state index is -0.699. The molecule has 186 valence electrons. The van der Waals surface area contributed by atoms with Crippen molar-refractivity contribution >= 4 is 29.4 Å². The van der Waals surface area contributed by atoms with Gasteiger partial charge in [0.2, 0.25) is 5.91 Å². The molecule has 0 aromatic heterocycles. The number of ether oxygens (including phenoxy) is 1. The number of nitrogens with two attached hydrogens (primary N) is 1. The number of nitrogen functional groups attached to an aromatic ring is 1. The molecule has 8 heteroatoms. The van der Waals surface area contributed by atoms with E-state index in [0.717, 1.165) is 40.1 Å². The molecule has 0 bridgehead atoms. The van der Waals surface area contributed by atoms with Crippen LogP contribution in [0.4, 0.5) is 10.5 Å². The van der Waals surface area contributed by atoms with Gasteiger partial charge in [0.25, 0.3) is 0 Å². The molecule has 2 aromatic rings. The van der Waals surface area contributed by atoms with Crippen molar-refractivity contribution in [1.29, 1.82) is 5.26 Å². The molecule has 1 saturated heterocycles. The van der Waals surface area contributed by atoms with Gasteiger partial charge in [-0.3, -0.25) is 9.69 Å². The average Bonchev–Trinajstić information content (AvgIpc) is 2.83. The van der Waals surface area contributed by atoms with E-state index in [1.807, 2.05) is 42.7 Å². The predicted molar refractivity (Wildman–Crippen MR) is 140 cm³/mol. The number of hydrogen-bond acceptors (Lipinski definition) is 6. The lowest BCUT2D eigenvalue weighted by Crippen LogP contribution is -2.54. The van der Waals surface area contributed by atoms with Crippen LogP contribution in [0.15, 0.2) is 47.4 Å². The number of anilines is 1. The van der Waals surface area contributed by atoms with E-state index in [1.165, 1.54) is 4.90 Å². The Morgan fingerprint density at radius 2 is 1.89 bits per heavy atom. The summed E-state index contributed by atoms with van der Waals surface area (Å²) < 4.78 is 5.49. The zero-order valence-electron chi connectivity index (χ0n) is 20.8. The molecule has 2 amide bonds. The first-order valence-electron chi connectivity index (χ1n) is 11.8. The molecule has 0 unspecified atom stereocenters. The molecular weight excluding hydrogens is 460 g/mol. The molecule has 2 aromatic carbocycles. The van der Waals surface area contributed by atoms with Gasteiger partial charge in [0, 0.05) is 23.5 Å². The van der Waals surface area contributed by atoms with E-state index in [9.17, 15) is 14.9 Å². The van der Waals surface area contributed by atoms with Gasteiger partial charge in [-0.2, -0.15) is 5.26 Å². The third kappa shape index (κ3) is 7.15. The summed E-state index contributed by atoms with van der Waals surface area (Å²) in [5, 5.41) is 12.5. The molecule has 0 saturated carbocycles. The van der Waals surface area contributed by atoms with Gasteiger partial charge in [-0.1, -0.05) is 30.3 Å². The Labute approximate surface area is 212 Å². The summed E-state index contributed by atoms with van der Waals surface area (Å²) >= 11 is 1.61. The van der Waals surface area contributed by atoms with Crippen molar-refractivity contribution < 1.29 is 14.3 Å². The minimum absolute atomic E-state index is 0.315. The predicted octanol–water partition coefficient (Wildman–Crippen LogP) is 5.00. The monoisotopic (exact) mass is 494 g/mol. The zero-order chi connectivity index (χ0) is 25.6. The highest BCUT2D eigenvalue weighted by Gasteiger charge is 2.35. The molecule has 0 spiro atoms. The summed E-state index contributed by atoms with van der Waals surface area (Å²) in [6, 6.07) is 14.8. The lowest BCUT2D eigenvalue weighted by Gasteiger charge is -2.36. The number of carbonyl (C=O) groups is 2. The minimum Gasteiger partial charge on any atom is -0.444 e. The average molecular weight is 495 g/mol. The van der Waals surface area contributed by atoms with E-state index < -0.39 is 23.8 Å². The fourth-order valence-corrected chi connectivity index (χ4v) is 4.65. The number of carbonyl (C=O) groups excluding carboxylic acids is 2. The van der Waals surface area contributed by atoms with E-state index in [1.54, 1.807) is 32.5 Å². The van der Waals surface area contributed by atoms with Crippen molar-refractivity contribution in [3.05, 3.63) is 48.0 Å². The quantitative estimate of drug-likeness (QED) is 0.432. The summed E-state index contributed by atoms with van der Waals surface area (Å²) in [5.74, 6) is -0.315. The van der Waals surface area contributed by atoms with E-state index in [2.05, 4.69) is 17.5 Å². The molecule has 3 N–H and O–H groups in total. The largest absolute Gasteiger partial charge is 0.444 e. The van der Waals surface area contributed by atoms with Crippen LogP contribution in [0, 0.1) is 11.3 Å². The van der Waals surface area contributed by atoms with Crippen LogP contribution in [-0.2, 0) is 16.0 Å². The van der Waals surface area contributed by atoms with Gasteiger partial charge < -0.3 is 15.8 Å². The van der Waals surface area contributed by atoms with Crippen LogP contribution in [0.25, 0.3) is 11.1 Å². The Bertz CT molecular complexity index is 1090. The number of nitrogens with one attached hydrogen (secondary N) is 1. The van der Waals surface area contributed by atoms with E-state index in [-0.39, 0.29) is 5.91 Å². The number of piperidine rings is 1. The van der Waals surface area contributed by atoms with Crippen LogP contribution in [0.5, 0.6) is 0 Å². The molecule has 2 atom stereocenters. The third-order valence-corrected chi connectivity index (χ3v) is 6.66. The summed E-state index contributed by atoms with van der Waals surface area (Å²) in [6.45, 7) is 5.87. The molecule has 35 heavy (non-hydrogen) atoms. The molecule has 1 aliphatic rings. The fraction of sp³-hybridized carbons (Fsp3) is 0.444. The summed E-state index contributed by atoms with van der Waals surface area (Å²) in [7, 11) is 0. The van der Waals surface area contributed by atoms with Crippen LogP contribution < -0.4 is 11.1 Å². The number of amides is 2. The smallest absolute Gasteiger partial charge is 0.410 e. The molecule has 1 fully saturated rings. The molecule has 1 heterocycles. The van der Waals surface area contributed by atoms with Crippen LogP contribution in [0.3, 0.4) is 0 Å². The lowest BCUT2D eigenvalue weighted by molar-refractivity contribution is -0.128. The van der Waals surface area contributed by atoms with Crippen molar-refractivity contribution in [2.45, 2.75) is 69.0 Å². The number of rotatable bonds is 6. The van der Waals surface area contributed by atoms with Gasteiger partial charge in [0.05, 0.1) is 6.07 Å². The summed E-state index contributed by atoms with van der Waals surface area (Å²) in [5.41, 5.74) is 9.18. The second kappa shape index (κ2) is 11.5. The number of nitriles is 1. The van der Waals surface area contributed by atoms with Crippen LogP contribution in [0.1, 0.15) is 45.6 Å². The second-order valence-electron chi connectivity index (χ2n) is 9.73. The Hall–Kier alpha value is -3.18. The van der Waals surface area contributed by atoms with Crippen molar-refractivity contribution in [2.75, 3.05) is 18.5 Å². The van der Waals surface area contributed by atoms with Crippen molar-refractivity contribution in [2.24, 2.45) is 0 Å². The van der Waals surface area contributed by atoms with Gasteiger partial charge in [0.15, 0.2) is 0 Å². The van der Waals surface area contributed by atoms with Crippen LogP contribution >= 0.6 is 11.8 Å². The number of likely N-dealkylation sites (tertiary alicyclic amines) is 1. The Balaban J connectivity index is 1.65. The van der Waals surface area contributed by atoms with Gasteiger partial charge >= 0.3 is 6.09 Å². The van der Waals surface area contributed by atoms with Gasteiger partial charge in [0.1, 0.15) is 17.7 Å². The zero-order valence-corrected chi connectivity index (χ0v) is 21.7. The normalized spacial score (nSPS) is 16.8. The molecule has 7 nitrogen and oxygen atoms in total. The standard InChI is InChI=1S/C27H34N4O3S/c1-27(2,3)34-26(33)31-14-6-5-7-23(31)25(32)30-21(17-28)15-18-8-10-19(11-9-18)20-12-13-22(29)24(16-20)35-4/h8-13,16,21,23H,5-7,14-15,29H2,1-4H3,(H,30,32)/t21-,23-/m0/s1. The lowest BCUT2D eigenvalue weighted by atomic mass is 9.99. The molecule has 3 rings (SSSR count). The highest BCUT2D eigenvalue weighted by atomic mass is 32.2. The number of hydrogen-bond donors (Lipinski definition) is 2. The number of benzene rings is 2. The molecule has 0 aliphatic carbocycles. The first-order chi connectivity index (χ1) is 16.6. The Kier molecular flexibility index (Phi) is 8.68. The van der Waals surface area contributed by atoms with Crippen molar-refractivity contribution in [3.8, 4) is 17.2 Å². The highest BCUT2D eigenvalue weighted by Crippen LogP contribution is 2.29. The second-order valence-corrected chi connectivity index (χ2v) is 10.6. The fourth-order valence-electron chi connectivity index (χ4n) is 4.10. The first-order valence-corrected chi connectivity index (χ1v) is 13.1. The van der Waals surface area contributed by atoms with Crippen LogP contribution in [-0.4, -0.2) is 47.4 Å². The maximum absolute atomic E-state index is 13.0. The first kappa shape index (κ1) is 26.4. The summed E-state index contributed by atoms with van der Waals surface area (Å²) in [6.07, 6.45) is 4.10.